The van der Waals surface area contributed by atoms with Crippen LogP contribution in [-0.2, 0) is 0 Å². The van der Waals surface area contributed by atoms with E-state index in [1.807, 2.05) is 6.07 Å². The third-order valence-electron chi connectivity index (χ3n) is 1.69. The summed E-state index contributed by atoms with van der Waals surface area (Å²) in [4.78, 5) is 0. The van der Waals surface area contributed by atoms with Gasteiger partial charge in [-0.15, -0.1) is 0 Å². The van der Waals surface area contributed by atoms with E-state index in [0.717, 1.165) is 17.4 Å². The zero-order valence-electron chi connectivity index (χ0n) is 6.41. The molecular formula is C9H4FNOS. The molecule has 13 heavy (non-hydrogen) atoms. The number of aromatic hydroxyl groups is 1. The zero-order chi connectivity index (χ0) is 9.42. The molecule has 0 bridgehead atoms. The minimum absolute atomic E-state index is 0.0945. The Bertz CT molecular complexity index is 512. The largest absolute Gasteiger partial charge is 0.499 e. The molecule has 0 saturated carbocycles. The Balaban J connectivity index is 2.90. The number of fused-ring (bicyclic) bond motifs is 1. The van der Waals surface area contributed by atoms with Crippen molar-refractivity contribution in [1.29, 1.82) is 5.26 Å². The van der Waals surface area contributed by atoms with Crippen LogP contribution in [0.5, 0.6) is 5.06 Å². The first-order chi connectivity index (χ1) is 6.20. The van der Waals surface area contributed by atoms with Crippen molar-refractivity contribution >= 4 is 21.4 Å². The quantitative estimate of drug-likeness (QED) is 0.698. The van der Waals surface area contributed by atoms with Crippen LogP contribution in [0.15, 0.2) is 18.2 Å². The van der Waals surface area contributed by atoms with Crippen molar-refractivity contribution in [3.05, 3.63) is 29.6 Å². The molecular weight excluding hydrogens is 189 g/mol. The minimum Gasteiger partial charge on any atom is -0.499 e. The summed E-state index contributed by atoms with van der Waals surface area (Å²) >= 11 is 1.08. The number of hydrogen-bond donors (Lipinski definition) is 1. The normalized spacial score (nSPS) is 10.2. The monoisotopic (exact) mass is 193 g/mol. The van der Waals surface area contributed by atoms with Crippen molar-refractivity contribution in [3.63, 3.8) is 0 Å². The standard InChI is InChI=1S/C9H4FNOS/c10-7-1-5-3-8(12)13-9(5)6(2-7)4-11/h1-3,12H. The fraction of sp³-hybridized carbons (Fsp3) is 0. The lowest BCUT2D eigenvalue weighted by Crippen LogP contribution is -1.78. The van der Waals surface area contributed by atoms with Crippen LogP contribution in [0, 0.1) is 17.1 Å². The van der Waals surface area contributed by atoms with Gasteiger partial charge in [0.1, 0.15) is 11.9 Å². The molecule has 0 radical (unpaired) electrons. The number of hydrogen-bond acceptors (Lipinski definition) is 3. The minimum atomic E-state index is -0.457. The van der Waals surface area contributed by atoms with Crippen molar-refractivity contribution < 1.29 is 9.50 Å². The Morgan fingerprint density at radius 3 is 2.85 bits per heavy atom. The Labute approximate surface area is 77.5 Å². The van der Waals surface area contributed by atoms with Gasteiger partial charge in [-0.3, -0.25) is 0 Å². The Kier molecular flexibility index (Phi) is 1.67. The maximum absolute atomic E-state index is 12.9. The summed E-state index contributed by atoms with van der Waals surface area (Å²) in [5.74, 6) is -0.457. The van der Waals surface area contributed by atoms with Crippen LogP contribution in [0.4, 0.5) is 4.39 Å². The fourth-order valence-electron chi connectivity index (χ4n) is 1.19. The summed E-state index contributed by atoms with van der Waals surface area (Å²) in [6.07, 6.45) is 0. The number of thiophene rings is 1. The first-order valence-electron chi connectivity index (χ1n) is 3.53. The average molecular weight is 193 g/mol. The van der Waals surface area contributed by atoms with Gasteiger partial charge in [-0.25, -0.2) is 4.39 Å². The third-order valence-corrected chi connectivity index (χ3v) is 2.68. The van der Waals surface area contributed by atoms with Crippen LogP contribution >= 0.6 is 11.3 Å². The molecule has 0 atom stereocenters. The van der Waals surface area contributed by atoms with Gasteiger partial charge in [0.15, 0.2) is 5.06 Å². The molecule has 0 fully saturated rings. The molecule has 2 nitrogen and oxygen atoms in total. The predicted molar refractivity (Wildman–Crippen MR) is 48.2 cm³/mol. The van der Waals surface area contributed by atoms with E-state index in [4.69, 9.17) is 10.4 Å². The van der Waals surface area contributed by atoms with Crippen molar-refractivity contribution in [2.24, 2.45) is 0 Å². The van der Waals surface area contributed by atoms with Crippen LogP contribution in [0.1, 0.15) is 5.56 Å². The van der Waals surface area contributed by atoms with E-state index in [9.17, 15) is 4.39 Å². The predicted octanol–water partition coefficient (Wildman–Crippen LogP) is 2.62. The van der Waals surface area contributed by atoms with E-state index in [2.05, 4.69) is 0 Å². The van der Waals surface area contributed by atoms with Gasteiger partial charge in [0, 0.05) is 5.39 Å². The van der Waals surface area contributed by atoms with Gasteiger partial charge in [0.25, 0.3) is 0 Å². The number of halogens is 1. The van der Waals surface area contributed by atoms with E-state index in [1.165, 1.54) is 12.1 Å². The summed E-state index contributed by atoms with van der Waals surface area (Å²) in [7, 11) is 0. The molecule has 0 amide bonds. The summed E-state index contributed by atoms with van der Waals surface area (Å²) < 4.78 is 13.5. The molecule has 1 heterocycles. The molecule has 64 valence electrons. The maximum Gasteiger partial charge on any atom is 0.172 e. The molecule has 1 N–H and O–H groups in total. The lowest BCUT2D eigenvalue weighted by Gasteiger charge is -1.92. The molecule has 4 heteroatoms. The molecule has 0 spiro atoms. The van der Waals surface area contributed by atoms with Gasteiger partial charge in [0.2, 0.25) is 0 Å². The summed E-state index contributed by atoms with van der Waals surface area (Å²) in [6.45, 7) is 0. The molecule has 0 aliphatic carbocycles. The van der Waals surface area contributed by atoms with Gasteiger partial charge in [-0.05, 0) is 18.2 Å². The highest BCUT2D eigenvalue weighted by Gasteiger charge is 2.07. The molecule has 0 saturated heterocycles. The van der Waals surface area contributed by atoms with Crippen LogP contribution < -0.4 is 0 Å². The van der Waals surface area contributed by atoms with E-state index in [1.54, 1.807) is 0 Å². The van der Waals surface area contributed by atoms with E-state index in [0.29, 0.717) is 10.1 Å². The zero-order valence-corrected chi connectivity index (χ0v) is 7.23. The summed E-state index contributed by atoms with van der Waals surface area (Å²) in [5, 5.41) is 18.5. The summed E-state index contributed by atoms with van der Waals surface area (Å²) in [5.41, 5.74) is 0.264. The molecule has 0 aliphatic heterocycles. The smallest absolute Gasteiger partial charge is 0.172 e. The van der Waals surface area contributed by atoms with Crippen molar-refractivity contribution in [1.82, 2.24) is 0 Å². The second-order valence-electron chi connectivity index (χ2n) is 2.57. The van der Waals surface area contributed by atoms with Crippen LogP contribution in [0.25, 0.3) is 10.1 Å². The highest BCUT2D eigenvalue weighted by Crippen LogP contribution is 2.33. The SMILES string of the molecule is N#Cc1cc(F)cc2cc(O)sc12. The van der Waals surface area contributed by atoms with Gasteiger partial charge >= 0.3 is 0 Å². The Hall–Kier alpha value is -1.60. The van der Waals surface area contributed by atoms with Gasteiger partial charge < -0.3 is 5.11 Å². The first-order valence-corrected chi connectivity index (χ1v) is 4.34. The molecule has 2 rings (SSSR count). The number of nitrogens with zero attached hydrogens (tertiary/aromatic N) is 1. The van der Waals surface area contributed by atoms with Crippen molar-refractivity contribution in [3.8, 4) is 11.1 Å². The van der Waals surface area contributed by atoms with Gasteiger partial charge in [0.05, 0.1) is 10.3 Å². The van der Waals surface area contributed by atoms with Crippen molar-refractivity contribution in [2.45, 2.75) is 0 Å². The number of benzene rings is 1. The first kappa shape index (κ1) is 8.02. The fourth-order valence-corrected chi connectivity index (χ4v) is 2.03. The average Bonchev–Trinajstić information content (AvgIpc) is 2.43. The van der Waals surface area contributed by atoms with Gasteiger partial charge in [-0.1, -0.05) is 11.3 Å². The highest BCUT2D eigenvalue weighted by atomic mass is 32.1. The Morgan fingerprint density at radius 2 is 2.15 bits per heavy atom. The van der Waals surface area contributed by atoms with Gasteiger partial charge in [-0.2, -0.15) is 5.26 Å². The topological polar surface area (TPSA) is 44.0 Å². The van der Waals surface area contributed by atoms with Crippen LogP contribution in [0.2, 0.25) is 0 Å². The summed E-state index contributed by atoms with van der Waals surface area (Å²) in [6, 6.07) is 5.79. The van der Waals surface area contributed by atoms with Crippen LogP contribution in [-0.4, -0.2) is 5.11 Å². The molecule has 0 unspecified atom stereocenters. The second kappa shape index (κ2) is 2.71. The number of nitriles is 1. The van der Waals surface area contributed by atoms with E-state index < -0.39 is 5.82 Å². The lowest BCUT2D eigenvalue weighted by atomic mass is 10.2. The third kappa shape index (κ3) is 1.23. The highest BCUT2D eigenvalue weighted by molar-refractivity contribution is 7.20. The van der Waals surface area contributed by atoms with Crippen molar-refractivity contribution in [2.75, 3.05) is 0 Å². The molecule has 0 aliphatic rings. The van der Waals surface area contributed by atoms with E-state index in [-0.39, 0.29) is 10.6 Å². The van der Waals surface area contributed by atoms with E-state index >= 15 is 0 Å². The number of rotatable bonds is 0. The molecule has 2 aromatic rings. The second-order valence-corrected chi connectivity index (χ2v) is 3.60. The molecule has 1 aromatic carbocycles. The maximum atomic E-state index is 12.9. The lowest BCUT2D eigenvalue weighted by molar-refractivity contribution is 0.491. The Morgan fingerprint density at radius 1 is 1.38 bits per heavy atom. The molecule has 1 aromatic heterocycles. The van der Waals surface area contributed by atoms with Crippen LogP contribution in [0.3, 0.4) is 0 Å².